The molecule has 0 amide bonds. The Morgan fingerprint density at radius 2 is 2.25 bits per heavy atom. The van der Waals surface area contributed by atoms with Gasteiger partial charge in [-0.2, -0.15) is 0 Å². The van der Waals surface area contributed by atoms with Crippen LogP contribution < -0.4 is 0 Å². The Bertz CT molecular complexity index is 395. The first-order chi connectivity index (χ1) is 7.63. The van der Waals surface area contributed by atoms with E-state index in [1.165, 1.54) is 18.3 Å². The maximum atomic E-state index is 12.4. The van der Waals surface area contributed by atoms with Gasteiger partial charge >= 0.3 is 0 Å². The van der Waals surface area contributed by atoms with Gasteiger partial charge in [-0.25, -0.2) is 13.2 Å². The fourth-order valence-electron chi connectivity index (χ4n) is 0.896. The molecule has 0 aliphatic carbocycles. The van der Waals surface area contributed by atoms with Gasteiger partial charge in [0.15, 0.2) is 0 Å². The van der Waals surface area contributed by atoms with Crippen molar-refractivity contribution in [2.24, 2.45) is 5.11 Å². The molecule has 0 aromatic carbocycles. The summed E-state index contributed by atoms with van der Waals surface area (Å²) < 4.78 is 40.1. The Labute approximate surface area is 88.5 Å². The maximum absolute atomic E-state index is 12.4. The number of hydrogen-bond acceptors (Lipinski definition) is 3. The minimum Gasteiger partial charge on any atom is -0.337 e. The van der Waals surface area contributed by atoms with Crippen LogP contribution in [0.3, 0.4) is 0 Å². The molecular weight excluding hydrogens is 225 g/mol. The first-order valence-electron chi connectivity index (χ1n) is 4.17. The lowest BCUT2D eigenvalue weighted by molar-refractivity contribution is -0.135. The first kappa shape index (κ1) is 12.3. The van der Waals surface area contributed by atoms with Crippen molar-refractivity contribution in [2.45, 2.75) is 19.4 Å². The van der Waals surface area contributed by atoms with Crippen LogP contribution in [0.25, 0.3) is 10.4 Å². The fourth-order valence-corrected chi connectivity index (χ4v) is 0.896. The van der Waals surface area contributed by atoms with Crippen molar-refractivity contribution in [3.8, 4) is 0 Å². The topological polar surface area (TPSA) is 70.9 Å². The third-order valence-electron chi connectivity index (χ3n) is 1.55. The predicted molar refractivity (Wildman–Crippen MR) is 48.7 cm³/mol. The number of pyridine rings is 1. The molecule has 16 heavy (non-hydrogen) atoms. The summed E-state index contributed by atoms with van der Waals surface area (Å²) >= 11 is 0. The number of nitrogens with zero attached hydrogens (tertiary/aromatic N) is 4. The van der Waals surface area contributed by atoms with Gasteiger partial charge in [0.2, 0.25) is 0 Å². The Morgan fingerprint density at radius 1 is 1.50 bits per heavy atom. The van der Waals surface area contributed by atoms with Gasteiger partial charge in [-0.1, -0.05) is 5.11 Å². The van der Waals surface area contributed by atoms with E-state index in [1.807, 2.05) is 0 Å². The first-order valence-corrected chi connectivity index (χ1v) is 4.17. The number of halogens is 3. The molecule has 1 aromatic rings. The second kappa shape index (κ2) is 5.94. The Balaban J connectivity index is 2.60. The number of aromatic nitrogens is 1. The molecule has 1 unspecified atom stereocenters. The molecule has 86 valence electrons. The van der Waals surface area contributed by atoms with Crippen molar-refractivity contribution in [1.82, 2.24) is 4.98 Å². The summed E-state index contributed by atoms with van der Waals surface area (Å²) in [5, 5.41) is 3.27. The lowest BCUT2D eigenvalue weighted by atomic mass is 10.3. The highest BCUT2D eigenvalue weighted by atomic mass is 19.3. The van der Waals surface area contributed by atoms with Crippen molar-refractivity contribution < 1.29 is 17.9 Å². The Morgan fingerprint density at radius 3 is 2.88 bits per heavy atom. The summed E-state index contributed by atoms with van der Waals surface area (Å²) in [5.74, 6) is 0. The van der Waals surface area contributed by atoms with E-state index in [-0.39, 0.29) is 11.4 Å². The van der Waals surface area contributed by atoms with Crippen molar-refractivity contribution in [2.75, 3.05) is 0 Å². The van der Waals surface area contributed by atoms with Gasteiger partial charge in [-0.05, 0) is 17.7 Å². The minimum absolute atomic E-state index is 0.202. The van der Waals surface area contributed by atoms with Crippen molar-refractivity contribution in [1.29, 1.82) is 0 Å². The molecule has 0 saturated heterocycles. The largest absolute Gasteiger partial charge is 0.337 e. The highest BCUT2D eigenvalue weighted by molar-refractivity contribution is 5.36. The number of alkyl halides is 3. The third-order valence-corrected chi connectivity index (χ3v) is 1.55. The van der Waals surface area contributed by atoms with Crippen LogP contribution in [0.5, 0.6) is 0 Å². The van der Waals surface area contributed by atoms with Gasteiger partial charge in [0, 0.05) is 16.8 Å². The van der Waals surface area contributed by atoms with E-state index >= 15 is 0 Å². The van der Waals surface area contributed by atoms with Crippen LogP contribution in [-0.4, -0.2) is 17.8 Å². The average Bonchev–Trinajstić information content (AvgIpc) is 2.26. The maximum Gasteiger partial charge on any atom is 0.293 e. The van der Waals surface area contributed by atoms with Gasteiger partial charge in [-0.3, -0.25) is 4.98 Å². The quantitative estimate of drug-likeness (QED) is 0.444. The molecule has 1 atom stereocenters. The SMILES string of the molecule is [N-]=[N+]=Nc1ccnc(COC(F)C(F)F)c1. The predicted octanol–water partition coefficient (Wildman–Crippen LogP) is 3.10. The molecule has 0 saturated carbocycles. The van der Waals surface area contributed by atoms with Crippen LogP contribution in [0.15, 0.2) is 23.4 Å². The molecule has 1 heterocycles. The smallest absolute Gasteiger partial charge is 0.293 e. The van der Waals surface area contributed by atoms with Gasteiger partial charge < -0.3 is 4.74 Å². The van der Waals surface area contributed by atoms with Crippen molar-refractivity contribution in [3.63, 3.8) is 0 Å². The molecular formula is C8H7F3N4O. The molecule has 0 fully saturated rings. The van der Waals surface area contributed by atoms with Gasteiger partial charge in [0.05, 0.1) is 12.3 Å². The van der Waals surface area contributed by atoms with Gasteiger partial charge in [0.1, 0.15) is 0 Å². The zero-order chi connectivity index (χ0) is 12.0. The minimum atomic E-state index is -3.19. The number of rotatable bonds is 5. The fraction of sp³-hybridized carbons (Fsp3) is 0.375. The summed E-state index contributed by atoms with van der Waals surface area (Å²) in [6.45, 7) is -0.416. The zero-order valence-corrected chi connectivity index (χ0v) is 7.92. The summed E-state index contributed by atoms with van der Waals surface area (Å²) in [6, 6.07) is 2.74. The van der Waals surface area contributed by atoms with E-state index in [0.29, 0.717) is 0 Å². The van der Waals surface area contributed by atoms with E-state index in [0.717, 1.165) is 0 Å². The summed E-state index contributed by atoms with van der Waals surface area (Å²) in [5.41, 5.74) is 8.60. The highest BCUT2D eigenvalue weighted by Gasteiger charge is 2.19. The lowest BCUT2D eigenvalue weighted by Crippen LogP contribution is -2.16. The number of hydrogen-bond donors (Lipinski definition) is 0. The van der Waals surface area contributed by atoms with Gasteiger partial charge in [-0.15, -0.1) is 0 Å². The standard InChI is InChI=1S/C8H7F3N4O/c9-7(10)8(11)16-4-6-3-5(14-15-12)1-2-13-6/h1-3,7-8H,4H2. The number of ether oxygens (including phenoxy) is 1. The van der Waals surface area contributed by atoms with E-state index in [1.54, 1.807) is 0 Å². The second-order valence-electron chi connectivity index (χ2n) is 2.69. The average molecular weight is 232 g/mol. The highest BCUT2D eigenvalue weighted by Crippen LogP contribution is 2.14. The van der Waals surface area contributed by atoms with Crippen LogP contribution in [0.4, 0.5) is 18.9 Å². The van der Waals surface area contributed by atoms with Crippen LogP contribution in [0.1, 0.15) is 5.69 Å². The number of azide groups is 1. The van der Waals surface area contributed by atoms with Crippen LogP contribution in [-0.2, 0) is 11.3 Å². The molecule has 1 aromatic heterocycles. The van der Waals surface area contributed by atoms with E-state index in [4.69, 9.17) is 5.53 Å². The molecule has 5 nitrogen and oxygen atoms in total. The molecule has 0 aliphatic rings. The van der Waals surface area contributed by atoms with E-state index < -0.39 is 19.4 Å². The van der Waals surface area contributed by atoms with Crippen LogP contribution in [0.2, 0.25) is 0 Å². The van der Waals surface area contributed by atoms with Crippen molar-refractivity contribution in [3.05, 3.63) is 34.5 Å². The molecule has 0 bridgehead atoms. The normalized spacial score (nSPS) is 12.2. The molecule has 8 heteroatoms. The van der Waals surface area contributed by atoms with Crippen molar-refractivity contribution >= 4 is 5.69 Å². The monoisotopic (exact) mass is 232 g/mol. The van der Waals surface area contributed by atoms with Crippen LogP contribution in [0, 0.1) is 0 Å². The second-order valence-corrected chi connectivity index (χ2v) is 2.69. The van der Waals surface area contributed by atoms with Gasteiger partial charge in [0.25, 0.3) is 12.8 Å². The lowest BCUT2D eigenvalue weighted by Gasteiger charge is -2.08. The Hall–Kier alpha value is -1.79. The Kier molecular flexibility index (Phi) is 4.56. The molecule has 1 rings (SSSR count). The third kappa shape index (κ3) is 3.76. The van der Waals surface area contributed by atoms with E-state index in [2.05, 4.69) is 19.7 Å². The summed E-state index contributed by atoms with van der Waals surface area (Å²) in [4.78, 5) is 6.27. The summed E-state index contributed by atoms with van der Waals surface area (Å²) in [7, 11) is 0. The van der Waals surface area contributed by atoms with Crippen LogP contribution >= 0.6 is 0 Å². The zero-order valence-electron chi connectivity index (χ0n) is 7.92. The molecule has 0 N–H and O–H groups in total. The molecule has 0 spiro atoms. The molecule has 0 radical (unpaired) electrons. The molecule has 0 aliphatic heterocycles. The van der Waals surface area contributed by atoms with E-state index in [9.17, 15) is 13.2 Å². The summed E-state index contributed by atoms with van der Waals surface area (Å²) in [6.07, 6.45) is -4.54.